The summed E-state index contributed by atoms with van der Waals surface area (Å²) in [6.45, 7) is 13.3. The van der Waals surface area contributed by atoms with Gasteiger partial charge in [0.15, 0.2) is 0 Å². The number of rotatable bonds is 12. The molecular weight excluding hydrogens is 481 g/mol. The number of piperidine rings is 1. The van der Waals surface area contributed by atoms with Crippen molar-refractivity contribution in [2.45, 2.75) is 78.3 Å². The smallest absolute Gasteiger partial charge is 0.268 e. The Labute approximate surface area is 225 Å². The summed E-state index contributed by atoms with van der Waals surface area (Å²) < 4.78 is 11.8. The Morgan fingerprint density at radius 1 is 1.05 bits per heavy atom. The van der Waals surface area contributed by atoms with E-state index < -0.39 is 7.72 Å². The number of anilines is 1. The number of ether oxygens (including phenoxy) is 2. The number of aryl methyl sites for hydroxylation is 1. The zero-order valence-corrected chi connectivity index (χ0v) is 24.8. The minimum atomic E-state index is -2.85. The maximum Gasteiger partial charge on any atom is 0.268 e. The molecule has 5 nitrogen and oxygen atoms in total. The molecule has 0 unspecified atom stereocenters. The molecule has 206 valence electrons. The van der Waals surface area contributed by atoms with Gasteiger partial charge in [-0.05, 0) is 79.2 Å². The summed E-state index contributed by atoms with van der Waals surface area (Å²) in [5.74, 6) is 2.33. The van der Waals surface area contributed by atoms with Crippen LogP contribution in [0.5, 0.6) is 11.5 Å². The van der Waals surface area contributed by atoms with Crippen LogP contribution in [0.25, 0.3) is 0 Å². The summed E-state index contributed by atoms with van der Waals surface area (Å²) in [7, 11) is -1.11. The Balaban J connectivity index is 1.55. The fourth-order valence-corrected chi connectivity index (χ4v) is 6.49. The SMILES string of the molecule is CC[C@H](Cc1cccc(OCC2CCN(c3cc(OC)ccc3CCCC(C)(C)C)CC2)c1)[P+](C)(O)O. The lowest BCUT2D eigenvalue weighted by Gasteiger charge is -2.35. The lowest BCUT2D eigenvalue weighted by molar-refractivity contribution is 0.222. The molecule has 1 fully saturated rings. The molecule has 3 rings (SSSR count). The highest BCUT2D eigenvalue weighted by Gasteiger charge is 2.36. The molecule has 0 amide bonds. The largest absolute Gasteiger partial charge is 0.497 e. The van der Waals surface area contributed by atoms with Gasteiger partial charge in [0.1, 0.15) is 23.8 Å². The van der Waals surface area contributed by atoms with Crippen molar-refractivity contribution in [3.05, 3.63) is 53.6 Å². The standard InChI is InChI=1S/C31H49NO4P/c1-7-29(37(6,33)34)21-25-10-8-12-28(20-25)36-23-24-15-18-32(19-16-24)30-22-27(35-5)14-13-26(30)11-9-17-31(2,3)4/h8,10,12-14,20,22,24,29,33-34H,7,9,11,15-19,21,23H2,1-6H3/q+1/t29-/m1/s1. The van der Waals surface area contributed by atoms with E-state index >= 15 is 0 Å². The fraction of sp³-hybridized carbons (Fsp3) is 0.613. The van der Waals surface area contributed by atoms with Crippen LogP contribution in [0.1, 0.15) is 70.9 Å². The molecule has 0 radical (unpaired) electrons. The van der Waals surface area contributed by atoms with Crippen LogP contribution < -0.4 is 14.4 Å². The number of nitrogens with zero attached hydrogens (tertiary/aromatic N) is 1. The highest BCUT2D eigenvalue weighted by atomic mass is 31.2. The molecule has 2 aromatic rings. The number of benzene rings is 2. The highest BCUT2D eigenvalue weighted by Crippen LogP contribution is 2.53. The van der Waals surface area contributed by atoms with E-state index in [0.29, 0.717) is 17.8 Å². The summed E-state index contributed by atoms with van der Waals surface area (Å²) in [6, 6.07) is 14.7. The summed E-state index contributed by atoms with van der Waals surface area (Å²) in [4.78, 5) is 22.8. The molecule has 1 atom stereocenters. The van der Waals surface area contributed by atoms with Crippen molar-refractivity contribution < 1.29 is 19.3 Å². The number of methoxy groups -OCH3 is 1. The van der Waals surface area contributed by atoms with Gasteiger partial charge >= 0.3 is 0 Å². The van der Waals surface area contributed by atoms with Crippen molar-refractivity contribution in [1.82, 2.24) is 0 Å². The molecule has 0 spiro atoms. The maximum absolute atomic E-state index is 10.1. The van der Waals surface area contributed by atoms with Crippen molar-refractivity contribution in [2.75, 3.05) is 38.4 Å². The van der Waals surface area contributed by atoms with Crippen LogP contribution in [0.2, 0.25) is 0 Å². The number of hydrogen-bond acceptors (Lipinski definition) is 5. The van der Waals surface area contributed by atoms with Crippen LogP contribution in [0, 0.1) is 11.3 Å². The molecule has 1 aliphatic rings. The van der Waals surface area contributed by atoms with Crippen molar-refractivity contribution >= 4 is 13.4 Å². The first-order chi connectivity index (χ1) is 17.5. The van der Waals surface area contributed by atoms with Gasteiger partial charge in [0.05, 0.1) is 13.7 Å². The molecule has 0 aliphatic carbocycles. The van der Waals surface area contributed by atoms with Gasteiger partial charge in [-0.2, -0.15) is 0 Å². The normalized spacial score (nSPS) is 16.1. The van der Waals surface area contributed by atoms with E-state index in [1.165, 1.54) is 24.1 Å². The molecule has 2 aromatic carbocycles. The van der Waals surface area contributed by atoms with Gasteiger partial charge in [-0.25, -0.2) is 9.79 Å². The van der Waals surface area contributed by atoms with Gasteiger partial charge in [0.25, 0.3) is 7.72 Å². The third-order valence-electron chi connectivity index (χ3n) is 7.64. The number of hydrogen-bond donors (Lipinski definition) is 2. The maximum atomic E-state index is 10.1. The van der Waals surface area contributed by atoms with Gasteiger partial charge in [-0.3, -0.25) is 0 Å². The Morgan fingerprint density at radius 3 is 2.41 bits per heavy atom. The highest BCUT2D eigenvalue weighted by molar-refractivity contribution is 7.64. The Kier molecular flexibility index (Phi) is 10.7. The van der Waals surface area contributed by atoms with E-state index in [-0.39, 0.29) is 5.66 Å². The van der Waals surface area contributed by atoms with Crippen LogP contribution in [-0.2, 0) is 12.8 Å². The first-order valence-corrected chi connectivity index (χ1v) is 16.1. The first kappa shape index (κ1) is 29.7. The monoisotopic (exact) mass is 530 g/mol. The third kappa shape index (κ3) is 9.46. The summed E-state index contributed by atoms with van der Waals surface area (Å²) in [6.07, 6.45) is 7.15. The molecule has 0 bridgehead atoms. The van der Waals surface area contributed by atoms with E-state index in [4.69, 9.17) is 9.47 Å². The Morgan fingerprint density at radius 2 is 1.78 bits per heavy atom. The predicted molar refractivity (Wildman–Crippen MR) is 157 cm³/mol. The molecule has 0 aromatic heterocycles. The van der Waals surface area contributed by atoms with Crippen molar-refractivity contribution in [1.29, 1.82) is 0 Å². The van der Waals surface area contributed by atoms with E-state index in [1.807, 2.05) is 19.1 Å². The van der Waals surface area contributed by atoms with Gasteiger partial charge in [0, 0.05) is 31.3 Å². The molecule has 1 saturated heterocycles. The van der Waals surface area contributed by atoms with E-state index in [1.54, 1.807) is 13.8 Å². The van der Waals surface area contributed by atoms with Gasteiger partial charge in [-0.1, -0.05) is 45.9 Å². The van der Waals surface area contributed by atoms with E-state index in [0.717, 1.165) is 62.4 Å². The molecule has 1 aliphatic heterocycles. The molecule has 1 heterocycles. The van der Waals surface area contributed by atoms with E-state index in [9.17, 15) is 9.79 Å². The average Bonchev–Trinajstić information content (AvgIpc) is 2.85. The quantitative estimate of drug-likeness (QED) is 0.286. The van der Waals surface area contributed by atoms with Crippen LogP contribution >= 0.6 is 7.72 Å². The second kappa shape index (κ2) is 13.3. The molecule has 6 heteroatoms. The van der Waals surface area contributed by atoms with Gasteiger partial charge < -0.3 is 14.4 Å². The second-order valence-corrected chi connectivity index (χ2v) is 14.7. The van der Waals surface area contributed by atoms with Crippen LogP contribution in [0.3, 0.4) is 0 Å². The van der Waals surface area contributed by atoms with E-state index in [2.05, 4.69) is 56.0 Å². The topological polar surface area (TPSA) is 62.2 Å². The van der Waals surface area contributed by atoms with Crippen molar-refractivity contribution in [3.8, 4) is 11.5 Å². The Bertz CT molecular complexity index is 974. The minimum Gasteiger partial charge on any atom is -0.497 e. The van der Waals surface area contributed by atoms with Crippen LogP contribution in [-0.4, -0.2) is 48.9 Å². The molecular formula is C31H49NO4P+. The summed E-state index contributed by atoms with van der Waals surface area (Å²) >= 11 is 0. The van der Waals surface area contributed by atoms with Crippen LogP contribution in [0.4, 0.5) is 5.69 Å². The third-order valence-corrected chi connectivity index (χ3v) is 9.57. The first-order valence-electron chi connectivity index (χ1n) is 13.9. The van der Waals surface area contributed by atoms with Gasteiger partial charge in [-0.15, -0.1) is 0 Å². The zero-order valence-electron chi connectivity index (χ0n) is 23.9. The second-order valence-electron chi connectivity index (χ2n) is 12.0. The minimum absolute atomic E-state index is 0.0953. The summed E-state index contributed by atoms with van der Waals surface area (Å²) in [5, 5.41) is 0. The molecule has 37 heavy (non-hydrogen) atoms. The molecule has 2 N–H and O–H groups in total. The van der Waals surface area contributed by atoms with Crippen molar-refractivity contribution in [3.63, 3.8) is 0 Å². The lowest BCUT2D eigenvalue weighted by atomic mass is 9.88. The van der Waals surface area contributed by atoms with Crippen molar-refractivity contribution in [2.24, 2.45) is 11.3 Å². The molecule has 0 saturated carbocycles. The van der Waals surface area contributed by atoms with Gasteiger partial charge in [0.2, 0.25) is 0 Å². The average molecular weight is 531 g/mol. The zero-order chi connectivity index (χ0) is 27.1. The lowest BCUT2D eigenvalue weighted by Crippen LogP contribution is -2.36. The fourth-order valence-electron chi connectivity index (χ4n) is 5.24. The van der Waals surface area contributed by atoms with Crippen LogP contribution in [0.15, 0.2) is 42.5 Å². The summed E-state index contributed by atoms with van der Waals surface area (Å²) in [5.41, 5.74) is 4.12. The predicted octanol–water partition coefficient (Wildman–Crippen LogP) is 7.14. The Hall–Kier alpha value is -1.81.